The van der Waals surface area contributed by atoms with Crippen LogP contribution in [0.25, 0.3) is 0 Å². The molecular weight excluding hydrogens is 264 g/mol. The average molecular weight is 285 g/mol. The Morgan fingerprint density at radius 3 is 2.74 bits per heavy atom. The Morgan fingerprint density at radius 1 is 1.47 bits per heavy atom. The number of amides is 1. The highest BCUT2D eigenvalue weighted by molar-refractivity contribution is 6.30. The highest BCUT2D eigenvalue weighted by Crippen LogP contribution is 2.18. The molecule has 3 N–H and O–H groups in total. The maximum absolute atomic E-state index is 11.4. The van der Waals surface area contributed by atoms with Crippen molar-refractivity contribution < 1.29 is 9.53 Å². The van der Waals surface area contributed by atoms with Gasteiger partial charge in [-0.05, 0) is 44.9 Å². The lowest BCUT2D eigenvalue weighted by molar-refractivity contribution is 0.0526. The zero-order chi connectivity index (χ0) is 14.5. The lowest BCUT2D eigenvalue weighted by atomic mass is 10.1. The van der Waals surface area contributed by atoms with E-state index >= 15 is 0 Å². The van der Waals surface area contributed by atoms with E-state index in [0.29, 0.717) is 18.0 Å². The van der Waals surface area contributed by atoms with Gasteiger partial charge in [-0.3, -0.25) is 0 Å². The third-order valence-electron chi connectivity index (χ3n) is 2.40. The van der Waals surface area contributed by atoms with E-state index in [1.165, 1.54) is 0 Å². The largest absolute Gasteiger partial charge is 0.444 e. The zero-order valence-electron chi connectivity index (χ0n) is 11.6. The van der Waals surface area contributed by atoms with Gasteiger partial charge in [-0.15, -0.1) is 0 Å². The van der Waals surface area contributed by atoms with E-state index in [-0.39, 0.29) is 6.04 Å². The minimum absolute atomic E-state index is 0.159. The van der Waals surface area contributed by atoms with Crippen LogP contribution in [-0.4, -0.2) is 18.2 Å². The lowest BCUT2D eigenvalue weighted by Gasteiger charge is -2.20. The fourth-order valence-corrected chi connectivity index (χ4v) is 1.75. The number of hydrogen-bond donors (Lipinski definition) is 2. The van der Waals surface area contributed by atoms with Gasteiger partial charge >= 0.3 is 6.09 Å². The second-order valence-corrected chi connectivity index (χ2v) is 5.82. The molecule has 19 heavy (non-hydrogen) atoms. The van der Waals surface area contributed by atoms with Crippen LogP contribution >= 0.6 is 11.6 Å². The molecule has 106 valence electrons. The number of halogens is 1. The van der Waals surface area contributed by atoms with Crippen molar-refractivity contribution in [3.8, 4) is 0 Å². The fourth-order valence-electron chi connectivity index (χ4n) is 1.55. The molecule has 1 rings (SSSR count). The first-order chi connectivity index (χ1) is 8.78. The van der Waals surface area contributed by atoms with Crippen molar-refractivity contribution in [2.24, 2.45) is 5.73 Å². The fraction of sp³-hybridized carbons (Fsp3) is 0.500. The van der Waals surface area contributed by atoms with Gasteiger partial charge in [0.25, 0.3) is 0 Å². The van der Waals surface area contributed by atoms with Gasteiger partial charge in [0.1, 0.15) is 5.60 Å². The van der Waals surface area contributed by atoms with Gasteiger partial charge < -0.3 is 15.8 Å². The van der Waals surface area contributed by atoms with Crippen molar-refractivity contribution >= 4 is 17.7 Å². The highest BCUT2D eigenvalue weighted by Gasteiger charge is 2.16. The number of ether oxygens (including phenoxy) is 1. The van der Waals surface area contributed by atoms with Crippen molar-refractivity contribution in [2.75, 3.05) is 6.54 Å². The molecule has 0 bridgehead atoms. The van der Waals surface area contributed by atoms with Crippen LogP contribution < -0.4 is 11.1 Å². The number of nitrogens with two attached hydrogens (primary N) is 1. The summed E-state index contributed by atoms with van der Waals surface area (Å²) >= 11 is 5.90. The van der Waals surface area contributed by atoms with Crippen LogP contribution in [0.4, 0.5) is 4.79 Å². The van der Waals surface area contributed by atoms with Crippen LogP contribution in [0, 0.1) is 0 Å². The molecule has 0 aromatic heterocycles. The van der Waals surface area contributed by atoms with Crippen molar-refractivity contribution in [3.63, 3.8) is 0 Å². The number of nitrogens with one attached hydrogen (secondary N) is 1. The molecule has 1 amide bonds. The van der Waals surface area contributed by atoms with Crippen LogP contribution in [0.1, 0.15) is 38.8 Å². The lowest BCUT2D eigenvalue weighted by Crippen LogP contribution is -2.33. The van der Waals surface area contributed by atoms with Gasteiger partial charge in [-0.2, -0.15) is 0 Å². The first-order valence-corrected chi connectivity index (χ1v) is 6.63. The molecule has 0 aliphatic heterocycles. The molecule has 1 aromatic carbocycles. The van der Waals surface area contributed by atoms with Gasteiger partial charge in [-0.1, -0.05) is 23.7 Å². The predicted octanol–water partition coefficient (Wildman–Crippen LogP) is 3.25. The molecule has 0 heterocycles. The van der Waals surface area contributed by atoms with Crippen LogP contribution in [0.15, 0.2) is 24.3 Å². The highest BCUT2D eigenvalue weighted by atomic mass is 35.5. The summed E-state index contributed by atoms with van der Waals surface area (Å²) in [7, 11) is 0. The molecule has 1 aromatic rings. The molecule has 1 atom stereocenters. The Kier molecular flexibility index (Phi) is 5.63. The zero-order valence-corrected chi connectivity index (χ0v) is 12.3. The topological polar surface area (TPSA) is 64.3 Å². The van der Waals surface area contributed by atoms with E-state index in [9.17, 15) is 4.79 Å². The van der Waals surface area contributed by atoms with Crippen molar-refractivity contribution in [3.05, 3.63) is 34.9 Å². The molecule has 5 heteroatoms. The van der Waals surface area contributed by atoms with Crippen molar-refractivity contribution in [2.45, 2.75) is 38.8 Å². The standard InChI is InChI=1S/C14H21ClN2O2/c1-14(2,3)19-13(18)17-8-7-12(16)10-5-4-6-11(15)9-10/h4-6,9,12H,7-8,16H2,1-3H3,(H,17,18)/t12-/m0/s1. The van der Waals surface area contributed by atoms with E-state index in [0.717, 1.165) is 5.56 Å². The van der Waals surface area contributed by atoms with E-state index < -0.39 is 11.7 Å². The monoisotopic (exact) mass is 284 g/mol. The quantitative estimate of drug-likeness (QED) is 0.892. The molecule has 0 radical (unpaired) electrons. The van der Waals surface area contributed by atoms with E-state index in [1.54, 1.807) is 6.07 Å². The minimum atomic E-state index is -0.487. The molecule has 0 aliphatic rings. The molecule has 0 saturated heterocycles. The summed E-state index contributed by atoms with van der Waals surface area (Å²) in [4.78, 5) is 11.4. The summed E-state index contributed by atoms with van der Waals surface area (Å²) in [5, 5.41) is 3.34. The van der Waals surface area contributed by atoms with Gasteiger partial charge in [0, 0.05) is 17.6 Å². The molecule has 0 saturated carbocycles. The Labute approximate surface area is 119 Å². The van der Waals surface area contributed by atoms with E-state index in [4.69, 9.17) is 22.1 Å². The third kappa shape index (κ3) is 6.45. The summed E-state index contributed by atoms with van der Waals surface area (Å²) in [5.41, 5.74) is 6.50. The van der Waals surface area contributed by atoms with Gasteiger partial charge in [0.2, 0.25) is 0 Å². The molecule has 0 aliphatic carbocycles. The second-order valence-electron chi connectivity index (χ2n) is 5.38. The predicted molar refractivity (Wildman–Crippen MR) is 77.2 cm³/mol. The molecule has 0 unspecified atom stereocenters. The summed E-state index contributed by atoms with van der Waals surface area (Å²) in [6, 6.07) is 7.26. The number of hydrogen-bond acceptors (Lipinski definition) is 3. The van der Waals surface area contributed by atoms with E-state index in [1.807, 2.05) is 39.0 Å². The van der Waals surface area contributed by atoms with E-state index in [2.05, 4.69) is 5.32 Å². The van der Waals surface area contributed by atoms with Crippen molar-refractivity contribution in [1.29, 1.82) is 0 Å². The molecular formula is C14H21ClN2O2. The van der Waals surface area contributed by atoms with Crippen LogP contribution in [-0.2, 0) is 4.74 Å². The second kappa shape index (κ2) is 6.78. The number of carbonyl (C=O) groups excluding carboxylic acids is 1. The number of rotatable bonds is 4. The van der Waals surface area contributed by atoms with Crippen LogP contribution in [0.2, 0.25) is 5.02 Å². The van der Waals surface area contributed by atoms with Gasteiger partial charge in [-0.25, -0.2) is 4.79 Å². The maximum Gasteiger partial charge on any atom is 0.407 e. The maximum atomic E-state index is 11.4. The van der Waals surface area contributed by atoms with Crippen molar-refractivity contribution in [1.82, 2.24) is 5.32 Å². The summed E-state index contributed by atoms with van der Waals surface area (Å²) in [5.74, 6) is 0. The van der Waals surface area contributed by atoms with Gasteiger partial charge in [0.15, 0.2) is 0 Å². The Hall–Kier alpha value is -1.26. The summed E-state index contributed by atoms with van der Waals surface area (Å²) in [6.07, 6.45) is 0.199. The first-order valence-electron chi connectivity index (χ1n) is 6.26. The van der Waals surface area contributed by atoms with Gasteiger partial charge in [0.05, 0.1) is 0 Å². The van der Waals surface area contributed by atoms with Crippen LogP contribution in [0.3, 0.4) is 0 Å². The average Bonchev–Trinajstić information content (AvgIpc) is 2.26. The Balaban J connectivity index is 2.35. The molecule has 4 nitrogen and oxygen atoms in total. The summed E-state index contributed by atoms with van der Waals surface area (Å²) < 4.78 is 5.13. The van der Waals surface area contributed by atoms with Crippen LogP contribution in [0.5, 0.6) is 0 Å². The third-order valence-corrected chi connectivity index (χ3v) is 2.64. The smallest absolute Gasteiger partial charge is 0.407 e. The minimum Gasteiger partial charge on any atom is -0.444 e. The Morgan fingerprint density at radius 2 is 2.16 bits per heavy atom. The molecule has 0 fully saturated rings. The Bertz CT molecular complexity index is 430. The molecule has 0 spiro atoms. The number of carbonyl (C=O) groups is 1. The SMILES string of the molecule is CC(C)(C)OC(=O)NCC[C@H](N)c1cccc(Cl)c1. The normalized spacial score (nSPS) is 12.9. The summed E-state index contributed by atoms with van der Waals surface area (Å²) in [6.45, 7) is 5.93. The first kappa shape index (κ1) is 15.8. The number of alkyl carbamates (subject to hydrolysis) is 1. The number of benzene rings is 1.